The molecule has 1 aromatic rings. The fraction of sp³-hybridized carbons (Fsp3) is 0.500. The van der Waals surface area contributed by atoms with Crippen LogP contribution >= 0.6 is 0 Å². The van der Waals surface area contributed by atoms with Crippen molar-refractivity contribution in [3.8, 4) is 0 Å². The second-order valence-corrected chi connectivity index (χ2v) is 3.47. The fourth-order valence-electron chi connectivity index (χ4n) is 1.76. The van der Waals surface area contributed by atoms with Crippen molar-refractivity contribution in [2.45, 2.75) is 32.3 Å². The summed E-state index contributed by atoms with van der Waals surface area (Å²) >= 11 is 0. The van der Waals surface area contributed by atoms with Crippen molar-refractivity contribution >= 4 is 0 Å². The Hall–Kier alpha value is -0.890. The number of pyridine rings is 1. The predicted molar refractivity (Wildman–Crippen MR) is 46.9 cm³/mol. The van der Waals surface area contributed by atoms with E-state index in [1.165, 1.54) is 11.1 Å². The van der Waals surface area contributed by atoms with E-state index in [1.807, 2.05) is 13.1 Å². The molecule has 2 heteroatoms. The lowest BCUT2D eigenvalue weighted by Gasteiger charge is -2.19. The average molecular weight is 163 g/mol. The van der Waals surface area contributed by atoms with E-state index in [0.717, 1.165) is 25.0 Å². The molecule has 1 heterocycles. The van der Waals surface area contributed by atoms with Crippen LogP contribution in [-0.2, 0) is 6.42 Å². The van der Waals surface area contributed by atoms with Crippen molar-refractivity contribution in [3.63, 3.8) is 0 Å². The summed E-state index contributed by atoms with van der Waals surface area (Å²) in [5.41, 5.74) is 3.31. The van der Waals surface area contributed by atoms with Gasteiger partial charge in [-0.3, -0.25) is 4.98 Å². The molecule has 0 unspecified atom stereocenters. The molecule has 1 atom stereocenters. The van der Waals surface area contributed by atoms with Gasteiger partial charge >= 0.3 is 0 Å². The summed E-state index contributed by atoms with van der Waals surface area (Å²) in [6.45, 7) is 2.04. The first-order valence-electron chi connectivity index (χ1n) is 4.41. The molecule has 0 saturated heterocycles. The molecule has 2 rings (SSSR count). The number of nitrogens with zero attached hydrogens (tertiary/aromatic N) is 1. The van der Waals surface area contributed by atoms with Gasteiger partial charge in [-0.1, -0.05) is 6.07 Å². The zero-order valence-corrected chi connectivity index (χ0v) is 7.25. The third kappa shape index (κ3) is 1.23. The summed E-state index contributed by atoms with van der Waals surface area (Å²) in [5.74, 6) is 0. The van der Waals surface area contributed by atoms with Crippen LogP contribution < -0.4 is 0 Å². The van der Waals surface area contributed by atoms with Gasteiger partial charge in [-0.05, 0) is 37.3 Å². The zero-order chi connectivity index (χ0) is 8.55. The van der Waals surface area contributed by atoms with Crippen molar-refractivity contribution in [3.05, 3.63) is 29.1 Å². The fourth-order valence-corrected chi connectivity index (χ4v) is 1.76. The molecule has 0 radical (unpaired) electrons. The second-order valence-electron chi connectivity index (χ2n) is 3.47. The Bertz CT molecular complexity index is 296. The number of hydrogen-bond donors (Lipinski definition) is 1. The lowest BCUT2D eigenvalue weighted by atomic mass is 9.93. The van der Waals surface area contributed by atoms with Crippen LogP contribution in [0.25, 0.3) is 0 Å². The molecular formula is C10H13NO. The number of hydrogen-bond acceptors (Lipinski definition) is 2. The van der Waals surface area contributed by atoms with Crippen molar-refractivity contribution in [2.24, 2.45) is 0 Å². The minimum atomic E-state index is -0.325. The normalized spacial score (nSPS) is 22.0. The monoisotopic (exact) mass is 163 g/mol. The van der Waals surface area contributed by atoms with Gasteiger partial charge in [0.1, 0.15) is 0 Å². The van der Waals surface area contributed by atoms with Crippen molar-refractivity contribution < 1.29 is 5.11 Å². The van der Waals surface area contributed by atoms with Gasteiger partial charge in [-0.25, -0.2) is 0 Å². The molecule has 1 N–H and O–H groups in total. The molecule has 0 fully saturated rings. The van der Waals surface area contributed by atoms with Crippen LogP contribution in [0.5, 0.6) is 0 Å². The Morgan fingerprint density at radius 2 is 2.42 bits per heavy atom. The number of aromatic nitrogens is 1. The van der Waals surface area contributed by atoms with Gasteiger partial charge in [-0.15, -0.1) is 0 Å². The maximum atomic E-state index is 9.59. The molecule has 0 spiro atoms. The molecule has 0 bridgehead atoms. The van der Waals surface area contributed by atoms with Gasteiger partial charge in [0.2, 0.25) is 0 Å². The first kappa shape index (κ1) is 7.74. The molecule has 0 saturated carbocycles. The summed E-state index contributed by atoms with van der Waals surface area (Å²) in [4.78, 5) is 4.25. The van der Waals surface area contributed by atoms with E-state index in [0.29, 0.717) is 0 Å². The van der Waals surface area contributed by atoms with E-state index >= 15 is 0 Å². The van der Waals surface area contributed by atoms with E-state index in [1.54, 1.807) is 0 Å². The molecule has 1 aliphatic rings. The number of aliphatic hydroxyl groups excluding tert-OH is 1. The molecule has 12 heavy (non-hydrogen) atoms. The smallest absolute Gasteiger partial charge is 0.0962 e. The second kappa shape index (κ2) is 2.87. The third-order valence-corrected chi connectivity index (χ3v) is 2.38. The number of aryl methyl sites for hydroxylation is 2. The van der Waals surface area contributed by atoms with E-state index in [2.05, 4.69) is 11.1 Å². The van der Waals surface area contributed by atoms with E-state index in [4.69, 9.17) is 0 Å². The summed E-state index contributed by atoms with van der Waals surface area (Å²) < 4.78 is 0. The molecule has 64 valence electrons. The van der Waals surface area contributed by atoms with Gasteiger partial charge in [-0.2, -0.15) is 0 Å². The summed E-state index contributed by atoms with van der Waals surface area (Å²) in [7, 11) is 0. The van der Waals surface area contributed by atoms with E-state index in [-0.39, 0.29) is 6.10 Å². The number of aliphatic hydroxyl groups is 1. The molecule has 0 amide bonds. The van der Waals surface area contributed by atoms with Gasteiger partial charge in [0.05, 0.1) is 11.8 Å². The van der Waals surface area contributed by atoms with Crippen LogP contribution in [0.3, 0.4) is 0 Å². The van der Waals surface area contributed by atoms with Gasteiger partial charge < -0.3 is 5.11 Å². The van der Waals surface area contributed by atoms with Crippen LogP contribution in [0, 0.1) is 6.92 Å². The van der Waals surface area contributed by atoms with Crippen LogP contribution in [-0.4, -0.2) is 10.1 Å². The van der Waals surface area contributed by atoms with Crippen LogP contribution in [0.15, 0.2) is 12.3 Å². The van der Waals surface area contributed by atoms with Crippen LogP contribution in [0.1, 0.15) is 35.8 Å². The molecule has 1 aliphatic carbocycles. The maximum Gasteiger partial charge on any atom is 0.0962 e. The largest absolute Gasteiger partial charge is 0.387 e. The molecule has 1 aromatic heterocycles. The van der Waals surface area contributed by atoms with E-state index < -0.39 is 0 Å². The number of rotatable bonds is 0. The minimum Gasteiger partial charge on any atom is -0.387 e. The van der Waals surface area contributed by atoms with Gasteiger partial charge in [0.25, 0.3) is 0 Å². The first-order valence-corrected chi connectivity index (χ1v) is 4.41. The topological polar surface area (TPSA) is 33.1 Å². The Balaban J connectivity index is 2.46. The number of fused-ring (bicyclic) bond motifs is 1. The Morgan fingerprint density at radius 1 is 1.58 bits per heavy atom. The lowest BCUT2D eigenvalue weighted by Crippen LogP contribution is -2.11. The van der Waals surface area contributed by atoms with Crippen LogP contribution in [0.4, 0.5) is 0 Å². The Labute approximate surface area is 72.3 Å². The van der Waals surface area contributed by atoms with Gasteiger partial charge in [0.15, 0.2) is 0 Å². The highest BCUT2D eigenvalue weighted by Crippen LogP contribution is 2.27. The lowest BCUT2D eigenvalue weighted by molar-refractivity contribution is 0.151. The summed E-state index contributed by atoms with van der Waals surface area (Å²) in [6.07, 6.45) is 4.52. The molecule has 0 aromatic carbocycles. The average Bonchev–Trinajstić information content (AvgIpc) is 2.04. The highest BCUT2D eigenvalue weighted by molar-refractivity contribution is 5.28. The Kier molecular flexibility index (Phi) is 1.85. The third-order valence-electron chi connectivity index (χ3n) is 2.38. The molecular weight excluding hydrogens is 150 g/mol. The van der Waals surface area contributed by atoms with Crippen molar-refractivity contribution in [1.82, 2.24) is 4.98 Å². The first-order chi connectivity index (χ1) is 5.77. The highest BCUT2D eigenvalue weighted by Gasteiger charge is 2.18. The maximum absolute atomic E-state index is 9.59. The predicted octanol–water partition coefficient (Wildman–Crippen LogP) is 1.76. The molecule has 0 aliphatic heterocycles. The van der Waals surface area contributed by atoms with Crippen molar-refractivity contribution in [2.75, 3.05) is 0 Å². The summed E-state index contributed by atoms with van der Waals surface area (Å²) in [6, 6.07) is 2.13. The highest BCUT2D eigenvalue weighted by atomic mass is 16.3. The summed E-state index contributed by atoms with van der Waals surface area (Å²) in [5, 5.41) is 9.59. The van der Waals surface area contributed by atoms with Crippen LogP contribution in [0.2, 0.25) is 0 Å². The molecule has 2 nitrogen and oxygen atoms in total. The minimum absolute atomic E-state index is 0.325. The SMILES string of the molecule is Cc1cnc2c(c1)CCC[C@@H]2O. The Morgan fingerprint density at radius 3 is 3.25 bits per heavy atom. The zero-order valence-electron chi connectivity index (χ0n) is 7.25. The van der Waals surface area contributed by atoms with E-state index in [9.17, 15) is 5.11 Å². The standard InChI is InChI=1S/C10H13NO/c1-7-5-8-3-2-4-9(12)10(8)11-6-7/h5-6,9,12H,2-4H2,1H3/t9-/m0/s1. The quantitative estimate of drug-likeness (QED) is 0.632. The van der Waals surface area contributed by atoms with Crippen molar-refractivity contribution in [1.29, 1.82) is 0 Å². The van der Waals surface area contributed by atoms with Gasteiger partial charge in [0, 0.05) is 6.20 Å².